The van der Waals surface area contributed by atoms with E-state index in [1.807, 2.05) is 29.2 Å². The Hall–Kier alpha value is -2.08. The summed E-state index contributed by atoms with van der Waals surface area (Å²) in [5.74, 6) is 1.39. The molecule has 4 aliphatic rings. The van der Waals surface area contributed by atoms with Crippen molar-refractivity contribution in [3.63, 3.8) is 0 Å². The van der Waals surface area contributed by atoms with Crippen molar-refractivity contribution in [2.24, 2.45) is 11.3 Å². The van der Waals surface area contributed by atoms with Crippen molar-refractivity contribution >= 4 is 11.8 Å². The van der Waals surface area contributed by atoms with E-state index in [4.69, 9.17) is 9.47 Å². The maximum atomic E-state index is 13.4. The molecule has 0 radical (unpaired) electrons. The molecule has 3 aliphatic heterocycles. The first-order valence-corrected chi connectivity index (χ1v) is 12.5. The normalized spacial score (nSPS) is 26.8. The van der Waals surface area contributed by atoms with Crippen molar-refractivity contribution in [2.45, 2.75) is 63.8 Å². The van der Waals surface area contributed by atoms with Gasteiger partial charge in [0.1, 0.15) is 5.75 Å². The number of hydrogen-bond acceptors (Lipinski definition) is 4. The second-order valence-electron chi connectivity index (χ2n) is 10.2. The van der Waals surface area contributed by atoms with Crippen LogP contribution < -0.4 is 4.74 Å². The number of carbonyl (C=O) groups is 2. The Morgan fingerprint density at radius 3 is 2.59 bits per heavy atom. The summed E-state index contributed by atoms with van der Waals surface area (Å²) in [6, 6.07) is 7.85. The van der Waals surface area contributed by atoms with Crippen LogP contribution in [-0.2, 0) is 9.53 Å². The van der Waals surface area contributed by atoms with Gasteiger partial charge in [-0.1, -0.05) is 18.6 Å². The molecule has 0 unspecified atom stereocenters. The van der Waals surface area contributed by atoms with E-state index in [1.165, 1.54) is 0 Å². The molecular formula is C26H36N2O4. The van der Waals surface area contributed by atoms with Crippen molar-refractivity contribution in [3.8, 4) is 5.75 Å². The molecule has 5 rings (SSSR count). The molecule has 1 aromatic carbocycles. The Kier molecular flexibility index (Phi) is 6.40. The Morgan fingerprint density at radius 1 is 0.969 bits per heavy atom. The van der Waals surface area contributed by atoms with E-state index in [2.05, 4.69) is 4.90 Å². The van der Waals surface area contributed by atoms with Crippen molar-refractivity contribution in [3.05, 3.63) is 29.8 Å². The van der Waals surface area contributed by atoms with Crippen LogP contribution in [0, 0.1) is 11.3 Å². The molecule has 2 amide bonds. The van der Waals surface area contributed by atoms with E-state index in [-0.39, 0.29) is 23.3 Å². The molecule has 1 aromatic rings. The lowest BCUT2D eigenvalue weighted by atomic mass is 9.75. The molecule has 0 aromatic heterocycles. The highest BCUT2D eigenvalue weighted by atomic mass is 16.5. The minimum Gasteiger partial charge on any atom is -0.492 e. The fourth-order valence-corrected chi connectivity index (χ4v) is 5.61. The second-order valence-corrected chi connectivity index (χ2v) is 10.2. The summed E-state index contributed by atoms with van der Waals surface area (Å²) in [6.07, 6.45) is 9.31. The van der Waals surface area contributed by atoms with E-state index < -0.39 is 0 Å². The number of rotatable bonds is 1. The first kappa shape index (κ1) is 21.7. The fraction of sp³-hybridized carbons (Fsp3) is 0.692. The SMILES string of the molecule is O=C(C1CC1)N1CCC2(CCCCOC[C@@H]3CCCN3C(=O)c3ccccc3OC2)CC1. The van der Waals surface area contributed by atoms with Crippen LogP contribution in [0.2, 0.25) is 0 Å². The number of likely N-dealkylation sites (tertiary alicyclic amines) is 1. The van der Waals surface area contributed by atoms with Crippen molar-refractivity contribution in [1.82, 2.24) is 9.80 Å². The maximum Gasteiger partial charge on any atom is 0.257 e. The van der Waals surface area contributed by atoms with Crippen LogP contribution in [0.15, 0.2) is 24.3 Å². The van der Waals surface area contributed by atoms with Gasteiger partial charge in [-0.2, -0.15) is 0 Å². The van der Waals surface area contributed by atoms with Gasteiger partial charge < -0.3 is 19.3 Å². The molecule has 1 atom stereocenters. The highest BCUT2D eigenvalue weighted by molar-refractivity contribution is 5.97. The zero-order valence-corrected chi connectivity index (χ0v) is 19.1. The third-order valence-electron chi connectivity index (χ3n) is 7.91. The first-order valence-electron chi connectivity index (χ1n) is 12.5. The molecule has 0 N–H and O–H groups in total. The predicted octanol–water partition coefficient (Wildman–Crippen LogP) is 3.89. The van der Waals surface area contributed by atoms with Crippen LogP contribution in [0.4, 0.5) is 0 Å². The molecule has 1 saturated carbocycles. The molecule has 1 aliphatic carbocycles. The monoisotopic (exact) mass is 440 g/mol. The average molecular weight is 441 g/mol. The quantitative estimate of drug-likeness (QED) is 0.665. The van der Waals surface area contributed by atoms with Gasteiger partial charge >= 0.3 is 0 Å². The molecular weight excluding hydrogens is 404 g/mol. The second kappa shape index (κ2) is 9.42. The van der Waals surface area contributed by atoms with E-state index >= 15 is 0 Å². The standard InChI is InChI=1S/C26H36N2O4/c29-24(20-9-10-20)27-15-12-26(13-16-27)11-3-4-17-31-18-21-6-5-14-28(21)25(30)22-7-1-2-8-23(22)32-19-26/h1-2,7-8,20-21H,3-6,9-19H2/t21-/m0/s1. The molecule has 174 valence electrons. The van der Waals surface area contributed by atoms with E-state index in [0.29, 0.717) is 30.4 Å². The molecule has 32 heavy (non-hydrogen) atoms. The van der Waals surface area contributed by atoms with Gasteiger partial charge in [-0.15, -0.1) is 0 Å². The minimum atomic E-state index is 0.0524. The van der Waals surface area contributed by atoms with Gasteiger partial charge in [-0.25, -0.2) is 0 Å². The van der Waals surface area contributed by atoms with Crippen LogP contribution in [0.25, 0.3) is 0 Å². The van der Waals surface area contributed by atoms with Gasteiger partial charge in [0.2, 0.25) is 5.91 Å². The zero-order valence-electron chi connectivity index (χ0n) is 19.1. The minimum absolute atomic E-state index is 0.0524. The number of carbonyl (C=O) groups excluding carboxylic acids is 2. The summed E-state index contributed by atoms with van der Waals surface area (Å²) in [4.78, 5) is 30.0. The number of para-hydroxylation sites is 1. The van der Waals surface area contributed by atoms with Gasteiger partial charge in [-0.05, 0) is 63.5 Å². The van der Waals surface area contributed by atoms with Crippen molar-refractivity contribution < 1.29 is 19.1 Å². The number of benzene rings is 1. The van der Waals surface area contributed by atoms with Gasteiger partial charge in [0.05, 0.1) is 24.8 Å². The third kappa shape index (κ3) is 4.66. The van der Waals surface area contributed by atoms with Crippen LogP contribution in [-0.4, -0.2) is 67.1 Å². The molecule has 6 heteroatoms. The van der Waals surface area contributed by atoms with Crippen LogP contribution in [0.5, 0.6) is 5.75 Å². The Balaban J connectivity index is 1.33. The smallest absolute Gasteiger partial charge is 0.257 e. The zero-order chi connectivity index (χ0) is 22.0. The lowest BCUT2D eigenvalue weighted by Gasteiger charge is -2.42. The van der Waals surface area contributed by atoms with Gasteiger partial charge in [0, 0.05) is 37.6 Å². The number of amides is 2. The van der Waals surface area contributed by atoms with Crippen LogP contribution >= 0.6 is 0 Å². The number of ether oxygens (including phenoxy) is 2. The molecule has 0 bridgehead atoms. The number of fused-ring (bicyclic) bond motifs is 2. The molecule has 6 nitrogen and oxygen atoms in total. The molecule has 3 heterocycles. The van der Waals surface area contributed by atoms with Crippen LogP contribution in [0.1, 0.15) is 68.1 Å². The summed E-state index contributed by atoms with van der Waals surface area (Å²) in [5.41, 5.74) is 0.713. The Bertz CT molecular complexity index is 829. The maximum absolute atomic E-state index is 13.4. The lowest BCUT2D eigenvalue weighted by Crippen LogP contribution is -2.46. The van der Waals surface area contributed by atoms with Gasteiger partial charge in [-0.3, -0.25) is 9.59 Å². The predicted molar refractivity (Wildman–Crippen MR) is 122 cm³/mol. The van der Waals surface area contributed by atoms with E-state index in [9.17, 15) is 9.59 Å². The van der Waals surface area contributed by atoms with E-state index in [0.717, 1.165) is 84.0 Å². The van der Waals surface area contributed by atoms with Gasteiger partial charge in [0.15, 0.2) is 0 Å². The number of nitrogens with zero attached hydrogens (tertiary/aromatic N) is 2. The number of hydrogen-bond donors (Lipinski definition) is 0. The lowest BCUT2D eigenvalue weighted by molar-refractivity contribution is -0.135. The van der Waals surface area contributed by atoms with Crippen molar-refractivity contribution in [1.29, 1.82) is 0 Å². The largest absolute Gasteiger partial charge is 0.492 e. The van der Waals surface area contributed by atoms with Crippen LogP contribution in [0.3, 0.4) is 0 Å². The van der Waals surface area contributed by atoms with Gasteiger partial charge in [0.25, 0.3) is 5.91 Å². The molecule has 2 saturated heterocycles. The summed E-state index contributed by atoms with van der Waals surface area (Å²) >= 11 is 0. The highest BCUT2D eigenvalue weighted by Crippen LogP contribution is 2.40. The summed E-state index contributed by atoms with van der Waals surface area (Å²) < 4.78 is 12.4. The Labute approximate surface area is 191 Å². The van der Waals surface area contributed by atoms with E-state index in [1.54, 1.807) is 0 Å². The Morgan fingerprint density at radius 2 is 1.78 bits per heavy atom. The van der Waals surface area contributed by atoms with Crippen molar-refractivity contribution in [2.75, 3.05) is 39.5 Å². The first-order chi connectivity index (χ1) is 15.7. The highest BCUT2D eigenvalue weighted by Gasteiger charge is 2.40. The molecule has 1 spiro atoms. The topological polar surface area (TPSA) is 59.1 Å². The summed E-state index contributed by atoms with van der Waals surface area (Å²) in [5, 5.41) is 0. The fourth-order valence-electron chi connectivity index (χ4n) is 5.61. The third-order valence-corrected chi connectivity index (χ3v) is 7.91. The number of piperidine rings is 1. The summed E-state index contributed by atoms with van der Waals surface area (Å²) in [6.45, 7) is 4.41. The molecule has 3 fully saturated rings. The summed E-state index contributed by atoms with van der Waals surface area (Å²) in [7, 11) is 0. The average Bonchev–Trinajstić information content (AvgIpc) is 3.57.